The molecule has 4 nitrogen and oxygen atoms in total. The van der Waals surface area contributed by atoms with E-state index in [1.54, 1.807) is 0 Å². The van der Waals surface area contributed by atoms with Crippen molar-refractivity contribution in [1.29, 1.82) is 0 Å². The summed E-state index contributed by atoms with van der Waals surface area (Å²) in [5.74, 6) is 0.993. The third-order valence-corrected chi connectivity index (χ3v) is 5.22. The van der Waals surface area contributed by atoms with Crippen LogP contribution in [0.15, 0.2) is 36.4 Å². The summed E-state index contributed by atoms with van der Waals surface area (Å²) in [6.45, 7) is 5.66. The molecule has 0 fully saturated rings. The molecule has 1 aliphatic carbocycles. The molecule has 0 atom stereocenters. The van der Waals surface area contributed by atoms with Crippen LogP contribution in [-0.4, -0.2) is 24.8 Å². The summed E-state index contributed by atoms with van der Waals surface area (Å²) in [6.07, 6.45) is 15.7. The second kappa shape index (κ2) is 13.8. The van der Waals surface area contributed by atoms with Crippen molar-refractivity contribution in [2.24, 2.45) is 0 Å². The molecule has 1 aliphatic rings. The van der Waals surface area contributed by atoms with Gasteiger partial charge in [-0.3, -0.25) is 9.59 Å². The van der Waals surface area contributed by atoms with E-state index in [-0.39, 0.29) is 11.6 Å². The average molecular weight is 413 g/mol. The highest BCUT2D eigenvalue weighted by Crippen LogP contribution is 2.32. The number of ketones is 2. The first-order valence-corrected chi connectivity index (χ1v) is 11.5. The Morgan fingerprint density at radius 1 is 0.733 bits per heavy atom. The van der Waals surface area contributed by atoms with Crippen LogP contribution in [0.4, 0.5) is 0 Å². The number of hydrogen-bond donors (Lipinski definition) is 0. The molecule has 0 amide bonds. The summed E-state index contributed by atoms with van der Waals surface area (Å²) in [6, 6.07) is 5.53. The van der Waals surface area contributed by atoms with E-state index < -0.39 is 0 Å². The SMILES string of the molecule is CCCCCCCOc1ccc(C2=CC(=O)C=CC2=O)c(OCCCCCCC)c1. The molecular formula is C26H36O4. The first kappa shape index (κ1) is 23.9. The van der Waals surface area contributed by atoms with Crippen molar-refractivity contribution < 1.29 is 19.1 Å². The normalized spacial score (nSPS) is 13.5. The van der Waals surface area contributed by atoms with Crippen LogP contribution in [-0.2, 0) is 9.59 Å². The lowest BCUT2D eigenvalue weighted by Gasteiger charge is -2.16. The smallest absolute Gasteiger partial charge is 0.186 e. The maximum atomic E-state index is 12.3. The summed E-state index contributed by atoms with van der Waals surface area (Å²) in [5.41, 5.74) is 1.04. The molecule has 30 heavy (non-hydrogen) atoms. The molecule has 0 N–H and O–H groups in total. The molecule has 164 valence electrons. The summed E-state index contributed by atoms with van der Waals surface area (Å²) in [7, 11) is 0. The van der Waals surface area contributed by atoms with Crippen molar-refractivity contribution in [1.82, 2.24) is 0 Å². The zero-order valence-electron chi connectivity index (χ0n) is 18.6. The van der Waals surface area contributed by atoms with E-state index in [0.717, 1.165) is 25.0 Å². The molecule has 0 spiro atoms. The Bertz CT molecular complexity index is 745. The van der Waals surface area contributed by atoms with Crippen molar-refractivity contribution in [3.05, 3.63) is 42.0 Å². The van der Waals surface area contributed by atoms with Gasteiger partial charge in [-0.15, -0.1) is 0 Å². The minimum atomic E-state index is -0.178. The number of rotatable bonds is 15. The quantitative estimate of drug-likeness (QED) is 0.244. The molecule has 0 aliphatic heterocycles. The monoisotopic (exact) mass is 412 g/mol. The Hall–Kier alpha value is -2.36. The third-order valence-electron chi connectivity index (χ3n) is 5.22. The highest BCUT2D eigenvalue weighted by molar-refractivity contribution is 6.34. The van der Waals surface area contributed by atoms with Gasteiger partial charge in [0, 0.05) is 17.2 Å². The molecule has 0 saturated heterocycles. The molecule has 4 heteroatoms. The van der Waals surface area contributed by atoms with Gasteiger partial charge in [-0.2, -0.15) is 0 Å². The maximum Gasteiger partial charge on any atom is 0.186 e. The van der Waals surface area contributed by atoms with Crippen LogP contribution in [0.1, 0.15) is 83.6 Å². The lowest BCUT2D eigenvalue weighted by Crippen LogP contribution is -2.09. The van der Waals surface area contributed by atoms with E-state index in [9.17, 15) is 9.59 Å². The molecule has 0 heterocycles. The van der Waals surface area contributed by atoms with Gasteiger partial charge in [0.1, 0.15) is 11.5 Å². The van der Waals surface area contributed by atoms with Gasteiger partial charge in [0.05, 0.1) is 13.2 Å². The predicted octanol–water partition coefficient (Wildman–Crippen LogP) is 6.48. The Kier molecular flexibility index (Phi) is 11.0. The Morgan fingerprint density at radius 2 is 1.37 bits per heavy atom. The Balaban J connectivity index is 2.03. The van der Waals surface area contributed by atoms with Crippen LogP contribution in [0.25, 0.3) is 5.57 Å². The molecular weight excluding hydrogens is 376 g/mol. The topological polar surface area (TPSA) is 52.6 Å². The lowest BCUT2D eigenvalue weighted by molar-refractivity contribution is -0.113. The van der Waals surface area contributed by atoms with Gasteiger partial charge in [-0.25, -0.2) is 0 Å². The number of carbonyl (C=O) groups is 2. The fourth-order valence-electron chi connectivity index (χ4n) is 3.44. The number of ether oxygens (including phenoxy) is 2. The second-order valence-electron chi connectivity index (χ2n) is 7.84. The first-order valence-electron chi connectivity index (χ1n) is 11.5. The predicted molar refractivity (Wildman–Crippen MR) is 122 cm³/mol. The van der Waals surface area contributed by atoms with Crippen LogP contribution in [0.2, 0.25) is 0 Å². The van der Waals surface area contributed by atoms with E-state index in [1.165, 1.54) is 63.2 Å². The van der Waals surface area contributed by atoms with E-state index in [4.69, 9.17) is 9.47 Å². The zero-order chi connectivity index (χ0) is 21.6. The average Bonchev–Trinajstić information content (AvgIpc) is 2.75. The van der Waals surface area contributed by atoms with E-state index in [1.807, 2.05) is 18.2 Å². The van der Waals surface area contributed by atoms with Gasteiger partial charge in [0.2, 0.25) is 0 Å². The summed E-state index contributed by atoms with van der Waals surface area (Å²) >= 11 is 0. The number of hydrogen-bond acceptors (Lipinski definition) is 4. The van der Waals surface area contributed by atoms with E-state index in [2.05, 4.69) is 13.8 Å². The van der Waals surface area contributed by atoms with Crippen LogP contribution < -0.4 is 9.47 Å². The van der Waals surface area contributed by atoms with Crippen molar-refractivity contribution in [2.45, 2.75) is 78.1 Å². The van der Waals surface area contributed by atoms with E-state index in [0.29, 0.717) is 30.1 Å². The fourth-order valence-corrected chi connectivity index (χ4v) is 3.44. The van der Waals surface area contributed by atoms with Crippen LogP contribution >= 0.6 is 0 Å². The number of allylic oxidation sites excluding steroid dienone is 4. The standard InChI is InChI=1S/C26H36O4/c1-3-5-7-9-11-17-29-22-14-15-23(24-19-21(27)13-16-25(24)28)26(20-22)30-18-12-10-8-6-4-2/h13-16,19-20H,3-12,17-18H2,1-2H3. The van der Waals surface area contributed by atoms with Gasteiger partial charge in [-0.05, 0) is 43.2 Å². The van der Waals surface area contributed by atoms with Gasteiger partial charge in [-0.1, -0.05) is 65.2 Å². The summed E-state index contributed by atoms with van der Waals surface area (Å²) in [5, 5.41) is 0. The van der Waals surface area contributed by atoms with Gasteiger partial charge < -0.3 is 9.47 Å². The van der Waals surface area contributed by atoms with Gasteiger partial charge >= 0.3 is 0 Å². The molecule has 0 aromatic heterocycles. The molecule has 1 aromatic rings. The zero-order valence-corrected chi connectivity index (χ0v) is 18.6. The molecule has 0 saturated carbocycles. The van der Waals surface area contributed by atoms with Crippen molar-refractivity contribution >= 4 is 17.1 Å². The second-order valence-corrected chi connectivity index (χ2v) is 7.84. The molecule has 0 unspecified atom stereocenters. The lowest BCUT2D eigenvalue weighted by atomic mass is 9.95. The minimum absolute atomic E-state index is 0.174. The molecule has 2 rings (SSSR count). The highest BCUT2D eigenvalue weighted by Gasteiger charge is 2.19. The van der Waals surface area contributed by atoms with E-state index >= 15 is 0 Å². The van der Waals surface area contributed by atoms with Crippen LogP contribution in [0, 0.1) is 0 Å². The van der Waals surface area contributed by atoms with Crippen molar-refractivity contribution in [2.75, 3.05) is 13.2 Å². The number of carbonyl (C=O) groups excluding carboxylic acids is 2. The summed E-state index contributed by atoms with van der Waals surface area (Å²) < 4.78 is 12.0. The minimum Gasteiger partial charge on any atom is -0.493 e. The Morgan fingerprint density at radius 3 is 2.03 bits per heavy atom. The highest BCUT2D eigenvalue weighted by atomic mass is 16.5. The van der Waals surface area contributed by atoms with Crippen LogP contribution in [0.5, 0.6) is 11.5 Å². The first-order chi connectivity index (χ1) is 14.7. The Labute approximate surface area is 181 Å². The fraction of sp³-hybridized carbons (Fsp3) is 0.538. The number of benzene rings is 1. The molecule has 0 bridgehead atoms. The third kappa shape index (κ3) is 8.17. The summed E-state index contributed by atoms with van der Waals surface area (Å²) in [4.78, 5) is 24.1. The van der Waals surface area contributed by atoms with Crippen molar-refractivity contribution in [3.8, 4) is 11.5 Å². The molecule has 0 radical (unpaired) electrons. The largest absolute Gasteiger partial charge is 0.493 e. The van der Waals surface area contributed by atoms with Crippen LogP contribution in [0.3, 0.4) is 0 Å². The van der Waals surface area contributed by atoms with Gasteiger partial charge in [0.15, 0.2) is 11.6 Å². The maximum absolute atomic E-state index is 12.3. The van der Waals surface area contributed by atoms with Gasteiger partial charge in [0.25, 0.3) is 0 Å². The number of unbranched alkanes of at least 4 members (excludes halogenated alkanes) is 8. The molecule has 1 aromatic carbocycles. The van der Waals surface area contributed by atoms with Crippen molar-refractivity contribution in [3.63, 3.8) is 0 Å².